The number of non-ortho nitro benzene ring substituents is 1. The lowest BCUT2D eigenvalue weighted by molar-refractivity contribution is -0.384. The standard InChI is InChI=1S/C20H12ClN3O6/c1-9-6-16-18(20(25)28-9)17(12(8-22)19(23)30-16)15-5-4-14(29-15)11-7-10(24(26)27)2-3-13(11)21/h2-7,17H,23H2,1H3. The van der Waals surface area contributed by atoms with Gasteiger partial charge in [0.25, 0.3) is 5.69 Å². The van der Waals surface area contributed by atoms with Gasteiger partial charge in [0.05, 0.1) is 21.4 Å². The molecule has 150 valence electrons. The van der Waals surface area contributed by atoms with Crippen LogP contribution in [0.5, 0.6) is 5.75 Å². The van der Waals surface area contributed by atoms with Gasteiger partial charge >= 0.3 is 5.63 Å². The summed E-state index contributed by atoms with van der Waals surface area (Å²) in [6.07, 6.45) is 0. The second-order valence-electron chi connectivity index (χ2n) is 6.47. The van der Waals surface area contributed by atoms with E-state index in [0.717, 1.165) is 0 Å². The van der Waals surface area contributed by atoms with Gasteiger partial charge in [0.1, 0.15) is 34.7 Å². The maximum Gasteiger partial charge on any atom is 0.344 e. The van der Waals surface area contributed by atoms with Crippen molar-refractivity contribution >= 4 is 17.3 Å². The summed E-state index contributed by atoms with van der Waals surface area (Å²) in [6, 6.07) is 10.4. The van der Waals surface area contributed by atoms with E-state index in [1.165, 1.54) is 36.4 Å². The van der Waals surface area contributed by atoms with E-state index in [0.29, 0.717) is 5.76 Å². The molecule has 0 radical (unpaired) electrons. The number of hydrogen-bond donors (Lipinski definition) is 1. The summed E-state index contributed by atoms with van der Waals surface area (Å²) in [5.41, 5.74) is 5.37. The van der Waals surface area contributed by atoms with Crippen molar-refractivity contribution in [2.75, 3.05) is 0 Å². The Kier molecular flexibility index (Phi) is 4.56. The van der Waals surface area contributed by atoms with Crippen LogP contribution in [0.15, 0.2) is 61.5 Å². The molecule has 0 fully saturated rings. The molecule has 3 heterocycles. The van der Waals surface area contributed by atoms with Gasteiger partial charge in [-0.3, -0.25) is 10.1 Å². The number of ether oxygens (including phenoxy) is 1. The van der Waals surface area contributed by atoms with Crippen LogP contribution < -0.4 is 16.1 Å². The van der Waals surface area contributed by atoms with Crippen molar-refractivity contribution < 1.29 is 18.5 Å². The number of nitro groups is 1. The minimum atomic E-state index is -0.971. The Hall–Kier alpha value is -4.03. The molecule has 1 aliphatic rings. The zero-order valence-corrected chi connectivity index (χ0v) is 16.1. The Morgan fingerprint density at radius 1 is 1.23 bits per heavy atom. The summed E-state index contributed by atoms with van der Waals surface area (Å²) in [5.74, 6) is -0.231. The van der Waals surface area contributed by atoms with Gasteiger partial charge in [-0.05, 0) is 25.1 Å². The van der Waals surface area contributed by atoms with Crippen LogP contribution in [-0.4, -0.2) is 4.92 Å². The van der Waals surface area contributed by atoms with E-state index in [-0.39, 0.29) is 50.6 Å². The minimum absolute atomic E-state index is 0.0234. The predicted molar refractivity (Wildman–Crippen MR) is 105 cm³/mol. The van der Waals surface area contributed by atoms with E-state index in [1.54, 1.807) is 6.92 Å². The van der Waals surface area contributed by atoms with E-state index < -0.39 is 16.5 Å². The number of nitrogens with two attached hydrogens (primary N) is 1. The molecule has 1 atom stereocenters. The van der Waals surface area contributed by atoms with E-state index in [1.807, 2.05) is 6.07 Å². The fraction of sp³-hybridized carbons (Fsp3) is 0.100. The minimum Gasteiger partial charge on any atom is -0.460 e. The molecule has 2 N–H and O–H groups in total. The number of furan rings is 1. The number of benzene rings is 1. The van der Waals surface area contributed by atoms with E-state index in [2.05, 4.69) is 0 Å². The maximum atomic E-state index is 12.5. The van der Waals surface area contributed by atoms with Crippen LogP contribution in [0, 0.1) is 28.4 Å². The topological polar surface area (TPSA) is 146 Å². The number of nitro benzene ring substituents is 1. The summed E-state index contributed by atoms with van der Waals surface area (Å²) < 4.78 is 16.5. The van der Waals surface area contributed by atoms with Crippen molar-refractivity contribution in [3.63, 3.8) is 0 Å². The molecule has 0 bridgehead atoms. The first kappa shape index (κ1) is 19.3. The van der Waals surface area contributed by atoms with Gasteiger partial charge in [-0.2, -0.15) is 5.26 Å². The summed E-state index contributed by atoms with van der Waals surface area (Å²) >= 11 is 6.18. The van der Waals surface area contributed by atoms with Crippen LogP contribution in [-0.2, 0) is 0 Å². The summed E-state index contributed by atoms with van der Waals surface area (Å²) in [5, 5.41) is 20.9. The molecule has 9 nitrogen and oxygen atoms in total. The van der Waals surface area contributed by atoms with Crippen LogP contribution in [0.25, 0.3) is 11.3 Å². The van der Waals surface area contributed by atoms with Crippen LogP contribution in [0.1, 0.15) is 23.0 Å². The molecule has 0 saturated carbocycles. The molecule has 0 spiro atoms. The first-order chi connectivity index (χ1) is 14.3. The predicted octanol–water partition coefficient (Wildman–Crippen LogP) is 3.99. The second kappa shape index (κ2) is 7.09. The third kappa shape index (κ3) is 3.09. The van der Waals surface area contributed by atoms with Crippen molar-refractivity contribution in [1.29, 1.82) is 5.26 Å². The molecule has 1 unspecified atom stereocenters. The molecular weight excluding hydrogens is 414 g/mol. The Bertz CT molecular complexity index is 1330. The number of fused-ring (bicyclic) bond motifs is 1. The van der Waals surface area contributed by atoms with Crippen molar-refractivity contribution in [2.24, 2.45) is 5.73 Å². The Morgan fingerprint density at radius 2 is 2.00 bits per heavy atom. The van der Waals surface area contributed by atoms with Crippen LogP contribution >= 0.6 is 11.6 Å². The largest absolute Gasteiger partial charge is 0.460 e. The maximum absolute atomic E-state index is 12.5. The Balaban J connectivity index is 1.88. The van der Waals surface area contributed by atoms with Gasteiger partial charge in [-0.15, -0.1) is 0 Å². The van der Waals surface area contributed by atoms with Crippen LogP contribution in [0.2, 0.25) is 5.02 Å². The molecule has 1 aromatic carbocycles. The molecule has 10 heteroatoms. The Labute approximate surface area is 173 Å². The zero-order chi connectivity index (χ0) is 21.6. The summed E-state index contributed by atoms with van der Waals surface area (Å²) in [4.78, 5) is 23.1. The quantitative estimate of drug-likeness (QED) is 0.489. The third-order valence-corrected chi connectivity index (χ3v) is 4.92. The van der Waals surface area contributed by atoms with Crippen LogP contribution in [0.3, 0.4) is 0 Å². The van der Waals surface area contributed by atoms with Gasteiger partial charge in [-0.25, -0.2) is 4.79 Å². The van der Waals surface area contributed by atoms with Gasteiger partial charge in [0.15, 0.2) is 0 Å². The second-order valence-corrected chi connectivity index (χ2v) is 6.88. The van der Waals surface area contributed by atoms with E-state index in [9.17, 15) is 20.2 Å². The lowest BCUT2D eigenvalue weighted by atomic mass is 9.88. The fourth-order valence-corrected chi connectivity index (χ4v) is 3.48. The molecule has 3 aromatic rings. The molecule has 2 aromatic heterocycles. The molecular formula is C20H12ClN3O6. The lowest BCUT2D eigenvalue weighted by Gasteiger charge is -2.23. The van der Waals surface area contributed by atoms with Gasteiger partial charge < -0.3 is 19.3 Å². The number of aryl methyl sites for hydroxylation is 1. The normalized spacial score (nSPS) is 15.3. The van der Waals surface area contributed by atoms with Gasteiger partial charge in [0, 0.05) is 23.8 Å². The van der Waals surface area contributed by atoms with Crippen molar-refractivity contribution in [3.8, 4) is 23.1 Å². The van der Waals surface area contributed by atoms with E-state index in [4.69, 9.17) is 30.9 Å². The number of allylic oxidation sites excluding steroid dienone is 1. The Morgan fingerprint density at radius 3 is 2.70 bits per heavy atom. The third-order valence-electron chi connectivity index (χ3n) is 4.59. The van der Waals surface area contributed by atoms with Crippen molar-refractivity contribution in [2.45, 2.75) is 12.8 Å². The van der Waals surface area contributed by atoms with Crippen molar-refractivity contribution in [1.82, 2.24) is 0 Å². The fourth-order valence-electron chi connectivity index (χ4n) is 3.27. The molecule has 0 aliphatic carbocycles. The number of halogens is 1. The highest BCUT2D eigenvalue weighted by molar-refractivity contribution is 6.33. The average molecular weight is 426 g/mol. The highest BCUT2D eigenvalue weighted by Crippen LogP contribution is 2.42. The number of rotatable bonds is 3. The average Bonchev–Trinajstić information content (AvgIpc) is 3.16. The van der Waals surface area contributed by atoms with Gasteiger partial charge in [0.2, 0.25) is 5.88 Å². The first-order valence-electron chi connectivity index (χ1n) is 8.56. The number of nitriles is 1. The molecule has 0 amide bonds. The monoisotopic (exact) mass is 425 g/mol. The zero-order valence-electron chi connectivity index (χ0n) is 15.3. The van der Waals surface area contributed by atoms with Crippen molar-refractivity contribution in [3.05, 3.63) is 90.5 Å². The smallest absolute Gasteiger partial charge is 0.344 e. The highest BCUT2D eigenvalue weighted by atomic mass is 35.5. The summed E-state index contributed by atoms with van der Waals surface area (Å²) in [6.45, 7) is 1.58. The van der Waals surface area contributed by atoms with Gasteiger partial charge in [-0.1, -0.05) is 11.6 Å². The highest BCUT2D eigenvalue weighted by Gasteiger charge is 2.36. The number of hydrogen-bond acceptors (Lipinski definition) is 8. The SMILES string of the molecule is Cc1cc2c(c(=O)o1)C(c1ccc(-c3cc([N+](=O)[O-])ccc3Cl)o1)C(C#N)=C(N)O2. The van der Waals surface area contributed by atoms with E-state index >= 15 is 0 Å². The first-order valence-corrected chi connectivity index (χ1v) is 8.94. The molecule has 4 rings (SSSR count). The molecule has 1 aliphatic heterocycles. The number of nitrogens with zero attached hydrogens (tertiary/aromatic N) is 2. The van der Waals surface area contributed by atoms with Crippen LogP contribution in [0.4, 0.5) is 5.69 Å². The lowest BCUT2D eigenvalue weighted by Crippen LogP contribution is -2.26. The summed E-state index contributed by atoms with van der Waals surface area (Å²) in [7, 11) is 0. The molecule has 0 saturated heterocycles. The molecule has 30 heavy (non-hydrogen) atoms.